The van der Waals surface area contributed by atoms with Gasteiger partial charge in [-0.2, -0.15) is 21.3 Å². The van der Waals surface area contributed by atoms with Gasteiger partial charge in [0.1, 0.15) is 0 Å². The van der Waals surface area contributed by atoms with Crippen molar-refractivity contribution in [2.75, 3.05) is 11.5 Å². The fourth-order valence-electron chi connectivity index (χ4n) is 4.88. The molecule has 1 aliphatic carbocycles. The van der Waals surface area contributed by atoms with Gasteiger partial charge in [0, 0.05) is 40.8 Å². The van der Waals surface area contributed by atoms with Crippen molar-refractivity contribution < 1.29 is 32.2 Å². The summed E-state index contributed by atoms with van der Waals surface area (Å²) in [6.07, 6.45) is -2.47. The van der Waals surface area contributed by atoms with Gasteiger partial charge in [0.25, 0.3) is 6.36 Å². The van der Waals surface area contributed by atoms with E-state index in [-0.39, 0.29) is 28.6 Å². The van der Waals surface area contributed by atoms with E-state index in [4.69, 9.17) is 0 Å². The van der Waals surface area contributed by atoms with Gasteiger partial charge in [-0.05, 0) is 64.9 Å². The van der Waals surface area contributed by atoms with Crippen molar-refractivity contribution in [3.8, 4) is 17.1 Å². The fourth-order valence-corrected chi connectivity index (χ4v) is 6.27. The number of carbonyl (C=O) groups excluding carboxylic acids is 1. The molecule has 4 rings (SSSR count). The van der Waals surface area contributed by atoms with Gasteiger partial charge >= 0.3 is 6.43 Å². The summed E-state index contributed by atoms with van der Waals surface area (Å²) in [4.78, 5) is 16.9. The molecular formula is C26H34F4N4O3S. The minimum atomic E-state index is -3.39. The number of nitrogens with one attached hydrogen (secondary N) is 1. The van der Waals surface area contributed by atoms with Gasteiger partial charge in [-0.1, -0.05) is 0 Å². The molecule has 0 saturated carbocycles. The van der Waals surface area contributed by atoms with E-state index in [1.807, 2.05) is 11.8 Å². The van der Waals surface area contributed by atoms with E-state index in [1.165, 1.54) is 0 Å². The second-order valence-electron chi connectivity index (χ2n) is 11.0. The Kier molecular flexibility index (Phi) is 8.32. The Bertz CT molecular complexity index is 1160. The first-order chi connectivity index (χ1) is 17.8. The zero-order chi connectivity index (χ0) is 27.8. The van der Waals surface area contributed by atoms with Crippen molar-refractivity contribution in [3.05, 3.63) is 29.3 Å². The van der Waals surface area contributed by atoms with Gasteiger partial charge < -0.3 is 15.2 Å². The Morgan fingerprint density at radius 2 is 2.00 bits per heavy atom. The lowest BCUT2D eigenvalue weighted by Gasteiger charge is -2.36. The molecule has 38 heavy (non-hydrogen) atoms. The molecule has 210 valence electrons. The Labute approximate surface area is 223 Å². The van der Waals surface area contributed by atoms with Crippen molar-refractivity contribution in [1.29, 1.82) is 0 Å². The minimum Gasteiger partial charge on any atom is -0.437 e. The van der Waals surface area contributed by atoms with Crippen molar-refractivity contribution >= 4 is 17.7 Å². The highest BCUT2D eigenvalue weighted by Gasteiger charge is 2.37. The van der Waals surface area contributed by atoms with Crippen molar-refractivity contribution in [2.45, 2.75) is 89.8 Å². The second-order valence-corrected chi connectivity index (χ2v) is 12.2. The minimum absolute atomic E-state index is 0.0398. The number of alkyl halides is 3. The number of aliphatic hydroxyl groups is 1. The number of hydrogen-bond acceptors (Lipinski definition) is 6. The van der Waals surface area contributed by atoms with E-state index in [2.05, 4.69) is 27.1 Å². The molecule has 2 N–H and O–H groups in total. The number of ether oxygens (including phenoxy) is 1. The summed E-state index contributed by atoms with van der Waals surface area (Å²) in [7, 11) is 0. The van der Waals surface area contributed by atoms with Crippen LogP contribution in [0.5, 0.6) is 5.88 Å². The molecule has 0 radical (unpaired) electrons. The maximum Gasteiger partial charge on any atom is 0.304 e. The maximum atomic E-state index is 14.9. The summed E-state index contributed by atoms with van der Waals surface area (Å²) in [5.41, 5.74) is 0.0842. The van der Waals surface area contributed by atoms with E-state index in [0.29, 0.717) is 30.5 Å². The number of aromatic nitrogens is 3. The van der Waals surface area contributed by atoms with Gasteiger partial charge in [0.05, 0.1) is 23.5 Å². The molecule has 2 unspecified atom stereocenters. The highest BCUT2D eigenvalue weighted by atomic mass is 32.2. The summed E-state index contributed by atoms with van der Waals surface area (Å²) in [5, 5.41) is 18.6. The maximum absolute atomic E-state index is 14.9. The van der Waals surface area contributed by atoms with Crippen LogP contribution in [-0.4, -0.2) is 61.2 Å². The van der Waals surface area contributed by atoms with Gasteiger partial charge in [-0.3, -0.25) is 9.48 Å². The molecule has 0 aromatic carbocycles. The van der Waals surface area contributed by atoms with Crippen LogP contribution in [0, 0.1) is 11.7 Å². The van der Waals surface area contributed by atoms with E-state index < -0.39 is 36.1 Å². The van der Waals surface area contributed by atoms with Crippen molar-refractivity contribution in [2.24, 2.45) is 5.92 Å². The molecule has 0 spiro atoms. The van der Waals surface area contributed by atoms with E-state index >= 15 is 0 Å². The summed E-state index contributed by atoms with van der Waals surface area (Å²) >= 11 is 1.88. The molecular weight excluding hydrogens is 524 g/mol. The molecule has 1 amide bonds. The number of fused-ring (bicyclic) bond motifs is 1. The first kappa shape index (κ1) is 28.7. The number of thioether (sulfide) groups is 1. The fraction of sp³-hybridized carbons (Fsp3) is 0.654. The third-order valence-corrected chi connectivity index (χ3v) is 8.58. The first-order valence-electron chi connectivity index (χ1n) is 12.8. The SMILES string of the molecule is CC(n1nc(-c2cc(OC(F)C(F)F)ncc2F)c2c1C[C@H](C(=O)NC1(C)CCSCC1)CC2)C(C)(C)O. The van der Waals surface area contributed by atoms with Crippen LogP contribution in [0.25, 0.3) is 11.3 Å². The van der Waals surface area contributed by atoms with Gasteiger partial charge in [0.15, 0.2) is 5.82 Å². The van der Waals surface area contributed by atoms with Crippen LogP contribution in [0.15, 0.2) is 12.3 Å². The zero-order valence-electron chi connectivity index (χ0n) is 21.9. The average Bonchev–Trinajstić information content (AvgIpc) is 3.22. The van der Waals surface area contributed by atoms with Crippen molar-refractivity contribution in [1.82, 2.24) is 20.1 Å². The molecule has 1 fully saturated rings. The first-order valence-corrected chi connectivity index (χ1v) is 13.9. The molecule has 2 aromatic rings. The predicted molar refractivity (Wildman–Crippen MR) is 137 cm³/mol. The Morgan fingerprint density at radius 1 is 1.32 bits per heavy atom. The third kappa shape index (κ3) is 6.11. The summed E-state index contributed by atoms with van der Waals surface area (Å²) in [5.74, 6) is 0.340. The lowest BCUT2D eigenvalue weighted by molar-refractivity contribution is -0.127. The number of hydrogen-bond donors (Lipinski definition) is 2. The number of halogens is 4. The van der Waals surface area contributed by atoms with Crippen LogP contribution >= 0.6 is 11.8 Å². The van der Waals surface area contributed by atoms with Crippen LogP contribution in [0.1, 0.15) is 64.3 Å². The van der Waals surface area contributed by atoms with E-state index in [1.54, 1.807) is 25.5 Å². The van der Waals surface area contributed by atoms with Gasteiger partial charge in [-0.25, -0.2) is 18.2 Å². The number of rotatable bonds is 8. The van der Waals surface area contributed by atoms with E-state index in [9.17, 15) is 27.5 Å². The molecule has 7 nitrogen and oxygen atoms in total. The number of carbonyl (C=O) groups is 1. The Hall–Kier alpha value is -2.34. The smallest absolute Gasteiger partial charge is 0.304 e. The summed E-state index contributed by atoms with van der Waals surface area (Å²) < 4.78 is 59.9. The van der Waals surface area contributed by atoms with Gasteiger partial charge in [0.2, 0.25) is 11.8 Å². The summed E-state index contributed by atoms with van der Waals surface area (Å²) in [6, 6.07) is 0.515. The topological polar surface area (TPSA) is 89.3 Å². The Morgan fingerprint density at radius 3 is 2.63 bits per heavy atom. The highest BCUT2D eigenvalue weighted by molar-refractivity contribution is 7.99. The largest absolute Gasteiger partial charge is 0.437 e. The summed E-state index contributed by atoms with van der Waals surface area (Å²) in [6.45, 7) is 7.10. The van der Waals surface area contributed by atoms with E-state index in [0.717, 1.165) is 36.6 Å². The van der Waals surface area contributed by atoms with Crippen LogP contribution in [0.4, 0.5) is 17.6 Å². The van der Waals surface area contributed by atoms with Crippen LogP contribution in [-0.2, 0) is 17.6 Å². The third-order valence-electron chi connectivity index (χ3n) is 7.60. The van der Waals surface area contributed by atoms with Gasteiger partial charge in [-0.15, -0.1) is 0 Å². The molecule has 2 aromatic heterocycles. The monoisotopic (exact) mass is 558 g/mol. The lowest BCUT2D eigenvalue weighted by atomic mass is 9.83. The average molecular weight is 559 g/mol. The quantitative estimate of drug-likeness (QED) is 0.450. The van der Waals surface area contributed by atoms with Crippen LogP contribution < -0.4 is 10.1 Å². The Balaban J connectivity index is 1.69. The molecule has 12 heteroatoms. The normalized spacial score (nSPS) is 21.1. The molecule has 3 heterocycles. The molecule has 3 atom stereocenters. The second kappa shape index (κ2) is 11.0. The zero-order valence-corrected chi connectivity index (χ0v) is 22.8. The predicted octanol–water partition coefficient (Wildman–Crippen LogP) is 4.86. The van der Waals surface area contributed by atoms with Crippen LogP contribution in [0.2, 0.25) is 0 Å². The van der Waals surface area contributed by atoms with Crippen molar-refractivity contribution in [3.63, 3.8) is 0 Å². The molecule has 2 aliphatic rings. The molecule has 0 bridgehead atoms. The number of pyridine rings is 1. The highest BCUT2D eigenvalue weighted by Crippen LogP contribution is 2.39. The molecule has 1 aliphatic heterocycles. The number of amides is 1. The lowest BCUT2D eigenvalue weighted by Crippen LogP contribution is -2.51. The molecule has 1 saturated heterocycles. The number of nitrogens with zero attached hydrogens (tertiary/aromatic N) is 3. The van der Waals surface area contributed by atoms with Crippen LogP contribution in [0.3, 0.4) is 0 Å². The standard InChI is InChI=1S/C26H34F4N4O3S/c1-14(25(2,3)36)34-19-11-15(24(35)32-26(4)7-9-38-10-8-26)5-6-16(19)21(33-34)17-12-20(31-13-18(17)27)37-23(30)22(28)29/h12-15,22-23,36H,5-11H2,1-4H3,(H,32,35)/t14?,15-,23?/m1/s1.